The highest BCUT2D eigenvalue weighted by atomic mass is 31.2. The van der Waals surface area contributed by atoms with Crippen molar-refractivity contribution >= 4 is 19.7 Å². The molecule has 3 unspecified atom stereocenters. The number of hydrogen-bond donors (Lipinski definition) is 1. The molecule has 0 aliphatic heterocycles. The average molecular weight is 1090 g/mol. The van der Waals surface area contributed by atoms with Gasteiger partial charge < -0.3 is 28.5 Å². The summed E-state index contributed by atoms with van der Waals surface area (Å²) in [6.45, 7) is 6.88. The van der Waals surface area contributed by atoms with Crippen molar-refractivity contribution in [3.8, 4) is 0 Å². The highest BCUT2D eigenvalue weighted by Gasteiger charge is 2.27. The predicted molar refractivity (Wildman–Crippen MR) is 326 cm³/mol. The van der Waals surface area contributed by atoms with Gasteiger partial charge in [-0.2, -0.15) is 0 Å². The first-order valence-corrected chi connectivity index (χ1v) is 34.6. The molecular formula is C66H129N2O7P. The molecule has 0 aromatic rings. The van der Waals surface area contributed by atoms with E-state index in [1.807, 2.05) is 33.3 Å². The number of carbonyl (C=O) groups excluding carboxylic acids is 2. The molecule has 76 heavy (non-hydrogen) atoms. The lowest BCUT2D eigenvalue weighted by molar-refractivity contribution is -0.870. The molecule has 1 amide bonds. The molecule has 0 saturated heterocycles. The molecule has 0 heterocycles. The van der Waals surface area contributed by atoms with Crippen molar-refractivity contribution in [2.75, 3.05) is 40.9 Å². The van der Waals surface area contributed by atoms with Gasteiger partial charge in [0.1, 0.15) is 19.3 Å². The Morgan fingerprint density at radius 3 is 1.12 bits per heavy atom. The maximum Gasteiger partial charge on any atom is 0.306 e. The lowest BCUT2D eigenvalue weighted by Gasteiger charge is -2.30. The molecule has 0 fully saturated rings. The number of allylic oxidation sites excluding steroid dienone is 3. The van der Waals surface area contributed by atoms with E-state index in [2.05, 4.69) is 38.2 Å². The number of phosphoric acid groups is 1. The summed E-state index contributed by atoms with van der Waals surface area (Å²) in [4.78, 5) is 40.0. The van der Waals surface area contributed by atoms with Gasteiger partial charge in [0, 0.05) is 12.8 Å². The molecule has 0 aromatic heterocycles. The Kier molecular flexibility index (Phi) is 55.6. The molecule has 0 spiro atoms. The van der Waals surface area contributed by atoms with Crippen molar-refractivity contribution in [1.29, 1.82) is 0 Å². The molecule has 1 N–H and O–H groups in total. The third-order valence-corrected chi connectivity index (χ3v) is 16.1. The van der Waals surface area contributed by atoms with E-state index in [4.69, 9.17) is 13.8 Å². The van der Waals surface area contributed by atoms with Gasteiger partial charge >= 0.3 is 5.97 Å². The van der Waals surface area contributed by atoms with Crippen LogP contribution in [0.4, 0.5) is 0 Å². The lowest BCUT2D eigenvalue weighted by Crippen LogP contribution is -2.47. The van der Waals surface area contributed by atoms with E-state index in [1.54, 1.807) is 0 Å². The molecular weight excluding hydrogens is 964 g/mol. The van der Waals surface area contributed by atoms with Crippen LogP contribution in [-0.2, 0) is 27.9 Å². The molecule has 0 radical (unpaired) electrons. The van der Waals surface area contributed by atoms with Crippen LogP contribution in [0.15, 0.2) is 24.3 Å². The number of quaternary nitrogens is 1. The SMILES string of the molecule is CCCCCCCC/C=C/CCCCCCCCCCCCCCCCCC(=O)NC(COP(=O)([O-])OCC[N+](C)(C)C)C(/C=C\CCCCCCCCCCC)OC(=O)CCCCCCCCCCCCCCCC. The Morgan fingerprint density at radius 1 is 0.447 bits per heavy atom. The molecule has 450 valence electrons. The van der Waals surface area contributed by atoms with Crippen molar-refractivity contribution in [2.45, 2.75) is 348 Å². The number of nitrogens with zero attached hydrogens (tertiary/aromatic N) is 1. The third-order valence-electron chi connectivity index (χ3n) is 15.1. The Labute approximate surface area is 473 Å². The van der Waals surface area contributed by atoms with Gasteiger partial charge in [-0.1, -0.05) is 289 Å². The average Bonchev–Trinajstić information content (AvgIpc) is 3.38. The first kappa shape index (κ1) is 74.5. The number of unbranched alkanes of at least 4 members (excludes halogenated alkanes) is 43. The van der Waals surface area contributed by atoms with Gasteiger partial charge in [-0.15, -0.1) is 0 Å². The predicted octanol–water partition coefficient (Wildman–Crippen LogP) is 19.9. The first-order chi connectivity index (χ1) is 36.9. The van der Waals surface area contributed by atoms with Crippen LogP contribution in [0.25, 0.3) is 0 Å². The summed E-state index contributed by atoms with van der Waals surface area (Å²) in [5, 5.41) is 3.04. The van der Waals surface area contributed by atoms with E-state index in [9.17, 15) is 19.0 Å². The quantitative estimate of drug-likeness (QED) is 0.0212. The second kappa shape index (κ2) is 56.8. The zero-order valence-corrected chi connectivity index (χ0v) is 52.4. The Bertz CT molecular complexity index is 1350. The zero-order valence-electron chi connectivity index (χ0n) is 51.5. The van der Waals surface area contributed by atoms with Crippen molar-refractivity contribution in [1.82, 2.24) is 5.32 Å². The fourth-order valence-corrected chi connectivity index (χ4v) is 10.7. The molecule has 0 aliphatic rings. The number of nitrogens with one attached hydrogen (secondary N) is 1. The molecule has 10 heteroatoms. The monoisotopic (exact) mass is 1090 g/mol. The Balaban J connectivity index is 5.00. The Morgan fingerprint density at radius 2 is 0.763 bits per heavy atom. The first-order valence-electron chi connectivity index (χ1n) is 33.1. The standard InChI is InChI=1S/C66H129N2O7P/c1-7-10-13-16-19-22-25-27-29-30-31-32-33-34-35-36-37-38-39-40-43-46-49-52-55-58-65(69)67-63(62-74-76(71,72)73-61-60-68(4,5)6)64(57-54-51-48-45-42-24-21-18-15-12-9-3)75-66(70)59-56-53-50-47-44-41-28-26-23-20-17-14-11-8-2/h27,29,54,57,63-64H,7-26,28,30-53,55-56,58-62H2,1-6H3,(H-,67,69,71,72)/b29-27+,57-54-. The van der Waals surface area contributed by atoms with Gasteiger partial charge in [-0.3, -0.25) is 14.2 Å². The van der Waals surface area contributed by atoms with Crippen LogP contribution in [-0.4, -0.2) is 69.4 Å². The van der Waals surface area contributed by atoms with Crippen LogP contribution >= 0.6 is 7.82 Å². The van der Waals surface area contributed by atoms with Crippen LogP contribution in [0, 0.1) is 0 Å². The van der Waals surface area contributed by atoms with E-state index in [0.717, 1.165) is 57.8 Å². The van der Waals surface area contributed by atoms with Crippen molar-refractivity contribution < 1.29 is 37.3 Å². The number of carbonyl (C=O) groups is 2. The normalized spacial score (nSPS) is 13.7. The van der Waals surface area contributed by atoms with Crippen LogP contribution in [0.2, 0.25) is 0 Å². The number of amides is 1. The van der Waals surface area contributed by atoms with Gasteiger partial charge in [0.25, 0.3) is 7.82 Å². The van der Waals surface area contributed by atoms with E-state index < -0.39 is 20.0 Å². The number of likely N-dealkylation sites (N-methyl/N-ethyl adjacent to an activating group) is 1. The van der Waals surface area contributed by atoms with E-state index in [-0.39, 0.29) is 31.5 Å². The molecule has 0 aliphatic carbocycles. The highest BCUT2D eigenvalue weighted by molar-refractivity contribution is 7.45. The fourth-order valence-electron chi connectivity index (χ4n) is 9.99. The molecule has 0 rings (SSSR count). The van der Waals surface area contributed by atoms with Gasteiger partial charge in [-0.05, 0) is 57.4 Å². The third kappa shape index (κ3) is 57.2. The van der Waals surface area contributed by atoms with Gasteiger partial charge in [0.15, 0.2) is 0 Å². The van der Waals surface area contributed by atoms with E-state index in [1.165, 1.54) is 244 Å². The van der Waals surface area contributed by atoms with Crippen LogP contribution in [0.3, 0.4) is 0 Å². The van der Waals surface area contributed by atoms with E-state index >= 15 is 0 Å². The maximum absolute atomic E-state index is 13.5. The zero-order chi connectivity index (χ0) is 55.7. The van der Waals surface area contributed by atoms with Crippen molar-refractivity contribution in [3.63, 3.8) is 0 Å². The summed E-state index contributed by atoms with van der Waals surface area (Å²) < 4.78 is 30.3. The number of phosphoric ester groups is 1. The van der Waals surface area contributed by atoms with Gasteiger partial charge in [0.05, 0.1) is 33.8 Å². The number of hydrogen-bond acceptors (Lipinski definition) is 7. The van der Waals surface area contributed by atoms with Crippen molar-refractivity contribution in [2.24, 2.45) is 0 Å². The molecule has 0 aromatic carbocycles. The molecule has 0 saturated carbocycles. The summed E-state index contributed by atoms with van der Waals surface area (Å²) in [7, 11) is 1.20. The summed E-state index contributed by atoms with van der Waals surface area (Å²) in [6.07, 6.45) is 67.3. The number of esters is 1. The minimum atomic E-state index is -4.69. The summed E-state index contributed by atoms with van der Waals surface area (Å²) in [6, 6.07) is -0.881. The topological polar surface area (TPSA) is 114 Å². The Hall–Kier alpha value is -1.51. The summed E-state index contributed by atoms with van der Waals surface area (Å²) in [5.41, 5.74) is 0. The smallest absolute Gasteiger partial charge is 0.306 e. The minimum Gasteiger partial charge on any atom is -0.756 e. The molecule has 3 atom stereocenters. The number of rotatable bonds is 61. The molecule has 9 nitrogen and oxygen atoms in total. The number of ether oxygens (including phenoxy) is 1. The second-order valence-corrected chi connectivity index (χ2v) is 25.4. The van der Waals surface area contributed by atoms with Crippen molar-refractivity contribution in [3.05, 3.63) is 24.3 Å². The lowest BCUT2D eigenvalue weighted by atomic mass is 10.0. The van der Waals surface area contributed by atoms with Gasteiger partial charge in [0.2, 0.25) is 5.91 Å². The largest absolute Gasteiger partial charge is 0.756 e. The van der Waals surface area contributed by atoms with Gasteiger partial charge in [-0.25, -0.2) is 0 Å². The summed E-state index contributed by atoms with van der Waals surface area (Å²) >= 11 is 0. The summed E-state index contributed by atoms with van der Waals surface area (Å²) in [5.74, 6) is -0.522. The maximum atomic E-state index is 13.5. The van der Waals surface area contributed by atoms with Crippen LogP contribution in [0.5, 0.6) is 0 Å². The van der Waals surface area contributed by atoms with Crippen LogP contribution < -0.4 is 10.2 Å². The second-order valence-electron chi connectivity index (χ2n) is 24.0. The van der Waals surface area contributed by atoms with Crippen LogP contribution in [0.1, 0.15) is 335 Å². The minimum absolute atomic E-state index is 0.0181. The van der Waals surface area contributed by atoms with E-state index in [0.29, 0.717) is 17.4 Å². The fraction of sp³-hybridized carbons (Fsp3) is 0.909. The molecule has 0 bridgehead atoms. The highest BCUT2D eigenvalue weighted by Crippen LogP contribution is 2.38.